The minimum Gasteiger partial charge on any atom is -0.316 e. The monoisotopic (exact) mass is 157 g/mol. The van der Waals surface area contributed by atoms with Crippen molar-refractivity contribution in [1.82, 2.24) is 5.32 Å². The summed E-state index contributed by atoms with van der Waals surface area (Å²) in [6, 6.07) is 0.861. The van der Waals surface area contributed by atoms with Gasteiger partial charge in [0.05, 0.1) is 0 Å². The molecule has 1 nitrogen and oxygen atoms in total. The van der Waals surface area contributed by atoms with Crippen molar-refractivity contribution >= 4 is 11.8 Å². The summed E-state index contributed by atoms with van der Waals surface area (Å²) < 4.78 is 0. The van der Waals surface area contributed by atoms with Crippen LogP contribution in [-0.2, 0) is 0 Å². The number of thioether (sulfide) groups is 1. The zero-order chi connectivity index (χ0) is 7.03. The van der Waals surface area contributed by atoms with E-state index in [-0.39, 0.29) is 0 Å². The van der Waals surface area contributed by atoms with E-state index in [4.69, 9.17) is 0 Å². The quantitative estimate of drug-likeness (QED) is 0.619. The summed E-state index contributed by atoms with van der Waals surface area (Å²) in [4.78, 5) is 0. The number of hydrogen-bond donors (Lipinski definition) is 1. The summed E-state index contributed by atoms with van der Waals surface area (Å²) in [7, 11) is 2.10. The van der Waals surface area contributed by atoms with Crippen LogP contribution in [0.15, 0.2) is 0 Å². The zero-order valence-electron chi connectivity index (χ0n) is 6.52. The Balaban J connectivity index is 1.92. The molecule has 58 valence electrons. The van der Waals surface area contributed by atoms with Crippen LogP contribution in [0.2, 0.25) is 0 Å². The molecule has 10 heavy (non-hydrogen) atoms. The van der Waals surface area contributed by atoms with E-state index in [0.29, 0.717) is 0 Å². The first-order chi connectivity index (χ1) is 4.87. The molecule has 1 spiro atoms. The van der Waals surface area contributed by atoms with Gasteiger partial charge in [0, 0.05) is 11.8 Å². The molecule has 0 aromatic carbocycles. The molecule has 1 saturated carbocycles. The van der Waals surface area contributed by atoms with Gasteiger partial charge in [-0.05, 0) is 37.5 Å². The summed E-state index contributed by atoms with van der Waals surface area (Å²) in [5.74, 6) is 2.82. The molecular weight excluding hydrogens is 142 g/mol. The fraction of sp³-hybridized carbons (Fsp3) is 1.00. The first-order valence-electron chi connectivity index (χ1n) is 4.12. The highest BCUT2D eigenvalue weighted by Gasteiger charge is 2.53. The Labute approximate surface area is 67.0 Å². The topological polar surface area (TPSA) is 12.0 Å². The van der Waals surface area contributed by atoms with Crippen molar-refractivity contribution < 1.29 is 0 Å². The average molecular weight is 157 g/mol. The van der Waals surface area contributed by atoms with Gasteiger partial charge in [-0.3, -0.25) is 0 Å². The van der Waals surface area contributed by atoms with Crippen LogP contribution in [0.5, 0.6) is 0 Å². The largest absolute Gasteiger partial charge is 0.316 e. The van der Waals surface area contributed by atoms with Gasteiger partial charge in [0.25, 0.3) is 0 Å². The van der Waals surface area contributed by atoms with Crippen LogP contribution in [0, 0.1) is 5.41 Å². The van der Waals surface area contributed by atoms with Gasteiger partial charge in [-0.25, -0.2) is 0 Å². The molecule has 2 fully saturated rings. The van der Waals surface area contributed by atoms with Crippen molar-refractivity contribution in [3.63, 3.8) is 0 Å². The molecule has 2 unspecified atom stereocenters. The highest BCUT2D eigenvalue weighted by Crippen LogP contribution is 2.54. The van der Waals surface area contributed by atoms with Crippen LogP contribution in [0.3, 0.4) is 0 Å². The van der Waals surface area contributed by atoms with Crippen molar-refractivity contribution in [2.24, 2.45) is 5.41 Å². The Morgan fingerprint density at radius 1 is 1.60 bits per heavy atom. The first kappa shape index (κ1) is 6.99. The number of nitrogens with one attached hydrogen (secondary N) is 1. The average Bonchev–Trinajstić information content (AvgIpc) is 2.65. The Bertz CT molecular complexity index is 129. The second-order valence-corrected chi connectivity index (χ2v) is 4.67. The molecule has 2 aliphatic rings. The summed E-state index contributed by atoms with van der Waals surface area (Å²) in [6.45, 7) is 0. The molecule has 2 rings (SSSR count). The highest BCUT2D eigenvalue weighted by atomic mass is 32.2. The third-order valence-corrected chi connectivity index (χ3v) is 4.25. The molecular formula is C8H15NS. The lowest BCUT2D eigenvalue weighted by molar-refractivity contribution is 0.468. The molecule has 1 heterocycles. The van der Waals surface area contributed by atoms with Gasteiger partial charge in [0.15, 0.2) is 0 Å². The second-order valence-electron chi connectivity index (χ2n) is 3.56. The van der Waals surface area contributed by atoms with Gasteiger partial charge in [-0.2, -0.15) is 11.8 Å². The minimum atomic E-state index is 0.748. The fourth-order valence-electron chi connectivity index (χ4n) is 2.07. The van der Waals surface area contributed by atoms with Gasteiger partial charge in [0.1, 0.15) is 0 Å². The SMILES string of the molecule is CNC1CC12CCCSC2. The van der Waals surface area contributed by atoms with Gasteiger partial charge < -0.3 is 5.32 Å². The Hall–Kier alpha value is 0.310. The smallest absolute Gasteiger partial charge is 0.0135 e. The third kappa shape index (κ3) is 0.978. The van der Waals surface area contributed by atoms with E-state index >= 15 is 0 Å². The van der Waals surface area contributed by atoms with Crippen LogP contribution in [0.25, 0.3) is 0 Å². The standard InChI is InChI=1S/C8H15NS/c1-9-7-5-8(7)3-2-4-10-6-8/h7,9H,2-6H2,1H3. The Morgan fingerprint density at radius 2 is 2.50 bits per heavy atom. The van der Waals surface area contributed by atoms with Crippen molar-refractivity contribution in [2.75, 3.05) is 18.6 Å². The third-order valence-electron chi connectivity index (χ3n) is 2.89. The Kier molecular flexibility index (Phi) is 1.69. The molecule has 0 bridgehead atoms. The van der Waals surface area contributed by atoms with E-state index < -0.39 is 0 Å². The molecule has 2 heteroatoms. The van der Waals surface area contributed by atoms with Gasteiger partial charge in [-0.15, -0.1) is 0 Å². The minimum absolute atomic E-state index is 0.748. The first-order valence-corrected chi connectivity index (χ1v) is 5.28. The van der Waals surface area contributed by atoms with Crippen molar-refractivity contribution in [1.29, 1.82) is 0 Å². The van der Waals surface area contributed by atoms with E-state index in [0.717, 1.165) is 11.5 Å². The molecule has 0 radical (unpaired) electrons. The highest BCUT2D eigenvalue weighted by molar-refractivity contribution is 7.99. The van der Waals surface area contributed by atoms with Crippen LogP contribution in [0.4, 0.5) is 0 Å². The predicted molar refractivity (Wildman–Crippen MR) is 46.5 cm³/mol. The fourth-order valence-corrected chi connectivity index (χ4v) is 3.43. The summed E-state index contributed by atoms with van der Waals surface area (Å²) in [6.07, 6.45) is 4.37. The lowest BCUT2D eigenvalue weighted by Gasteiger charge is -2.21. The number of rotatable bonds is 1. The summed E-state index contributed by atoms with van der Waals surface area (Å²) >= 11 is 2.14. The van der Waals surface area contributed by atoms with Gasteiger partial charge in [-0.1, -0.05) is 0 Å². The normalized spacial score (nSPS) is 45.9. The van der Waals surface area contributed by atoms with E-state index in [2.05, 4.69) is 24.1 Å². The van der Waals surface area contributed by atoms with Gasteiger partial charge in [0.2, 0.25) is 0 Å². The lowest BCUT2D eigenvalue weighted by Crippen LogP contribution is -2.23. The molecule has 0 amide bonds. The molecule has 1 aliphatic carbocycles. The second kappa shape index (κ2) is 2.42. The van der Waals surface area contributed by atoms with Crippen molar-refractivity contribution in [3.05, 3.63) is 0 Å². The number of hydrogen-bond acceptors (Lipinski definition) is 2. The Morgan fingerprint density at radius 3 is 3.00 bits per heavy atom. The van der Waals surface area contributed by atoms with Crippen LogP contribution < -0.4 is 5.32 Å². The van der Waals surface area contributed by atoms with E-state index in [1.807, 2.05) is 0 Å². The maximum Gasteiger partial charge on any atom is 0.0135 e. The predicted octanol–water partition coefficient (Wildman–Crippen LogP) is 1.49. The van der Waals surface area contributed by atoms with E-state index in [1.54, 1.807) is 0 Å². The van der Waals surface area contributed by atoms with Crippen LogP contribution >= 0.6 is 11.8 Å². The molecule has 0 aromatic heterocycles. The van der Waals surface area contributed by atoms with Crippen LogP contribution in [-0.4, -0.2) is 24.6 Å². The zero-order valence-corrected chi connectivity index (χ0v) is 7.34. The van der Waals surface area contributed by atoms with Crippen LogP contribution in [0.1, 0.15) is 19.3 Å². The van der Waals surface area contributed by atoms with E-state index in [1.165, 1.54) is 30.8 Å². The maximum absolute atomic E-state index is 3.39. The maximum atomic E-state index is 3.39. The summed E-state index contributed by atoms with van der Waals surface area (Å²) in [5, 5.41) is 3.39. The summed E-state index contributed by atoms with van der Waals surface area (Å²) in [5.41, 5.74) is 0.748. The molecule has 1 saturated heterocycles. The van der Waals surface area contributed by atoms with Gasteiger partial charge >= 0.3 is 0 Å². The van der Waals surface area contributed by atoms with E-state index in [9.17, 15) is 0 Å². The molecule has 0 aromatic rings. The van der Waals surface area contributed by atoms with Crippen molar-refractivity contribution in [3.8, 4) is 0 Å². The molecule has 1 aliphatic heterocycles. The molecule has 2 atom stereocenters. The lowest BCUT2D eigenvalue weighted by atomic mass is 10.0. The van der Waals surface area contributed by atoms with Crippen molar-refractivity contribution in [2.45, 2.75) is 25.3 Å². The molecule has 1 N–H and O–H groups in total.